The van der Waals surface area contributed by atoms with Gasteiger partial charge in [0.15, 0.2) is 5.70 Å². The lowest BCUT2D eigenvalue weighted by atomic mass is 9.86. The molecule has 16 heavy (non-hydrogen) atoms. The molecule has 1 fully saturated rings. The van der Waals surface area contributed by atoms with Gasteiger partial charge in [-0.1, -0.05) is 26.8 Å². The van der Waals surface area contributed by atoms with E-state index in [9.17, 15) is 0 Å². The smallest absolute Gasteiger partial charge is 0.167 e. The van der Waals surface area contributed by atoms with Crippen LogP contribution < -0.4 is 0 Å². The summed E-state index contributed by atoms with van der Waals surface area (Å²) in [6, 6.07) is 0. The van der Waals surface area contributed by atoms with Crippen molar-refractivity contribution in [2.45, 2.75) is 47.1 Å². The molecular weight excluding hydrogens is 196 g/mol. The molecule has 0 spiro atoms. The molecule has 0 aromatic carbocycles. The molecule has 0 amide bonds. The highest BCUT2D eigenvalue weighted by atomic mass is 15.2. The second-order valence-corrected chi connectivity index (χ2v) is 6.82. The fourth-order valence-electron chi connectivity index (χ4n) is 1.90. The summed E-state index contributed by atoms with van der Waals surface area (Å²) in [6.07, 6.45) is 2.13. The lowest BCUT2D eigenvalue weighted by molar-refractivity contribution is 0.0306. The van der Waals surface area contributed by atoms with Gasteiger partial charge in [-0.05, 0) is 39.3 Å². The summed E-state index contributed by atoms with van der Waals surface area (Å²) in [7, 11) is 0. The Labute approximate surface area is 100 Å². The summed E-state index contributed by atoms with van der Waals surface area (Å²) < 4.78 is 0. The van der Waals surface area contributed by atoms with E-state index in [0.717, 1.165) is 18.8 Å². The van der Waals surface area contributed by atoms with Crippen molar-refractivity contribution in [2.75, 3.05) is 13.1 Å². The summed E-state index contributed by atoms with van der Waals surface area (Å²) >= 11 is 0. The molecule has 0 saturated carbocycles. The van der Waals surface area contributed by atoms with E-state index in [4.69, 9.17) is 6.57 Å². The first kappa shape index (κ1) is 13.3. The van der Waals surface area contributed by atoms with E-state index in [1.165, 1.54) is 0 Å². The topological polar surface area (TPSA) is 7.60 Å². The molecule has 0 bridgehead atoms. The van der Waals surface area contributed by atoms with Gasteiger partial charge in [0.1, 0.15) is 0 Å². The lowest BCUT2D eigenvalue weighted by Gasteiger charge is -2.47. The second kappa shape index (κ2) is 4.22. The molecule has 0 unspecified atom stereocenters. The minimum Gasteiger partial charge on any atom is -0.300 e. The summed E-state index contributed by atoms with van der Waals surface area (Å²) in [6.45, 7) is 22.5. The van der Waals surface area contributed by atoms with Gasteiger partial charge in [-0.15, -0.1) is 0 Å². The molecule has 2 heteroatoms. The van der Waals surface area contributed by atoms with Crippen LogP contribution in [0, 0.1) is 17.9 Å². The number of allylic oxidation sites excluding steroid dienone is 1. The van der Waals surface area contributed by atoms with Crippen LogP contribution in [0.1, 0.15) is 41.5 Å². The Kier molecular flexibility index (Phi) is 3.50. The first-order chi connectivity index (χ1) is 7.13. The van der Waals surface area contributed by atoms with E-state index in [2.05, 4.69) is 57.4 Å². The summed E-state index contributed by atoms with van der Waals surface area (Å²) in [5.41, 5.74) is 1.31. The number of hydrogen-bond donors (Lipinski definition) is 0. The molecule has 0 aliphatic carbocycles. The molecule has 0 N–H and O–H groups in total. The summed E-state index contributed by atoms with van der Waals surface area (Å²) in [5.74, 6) is 0.455. The highest BCUT2D eigenvalue weighted by Gasteiger charge is 2.36. The standard InChI is InChI=1S/C14H24N2/c1-13(2,3)8-12(15-7)11-9-16(10-11)14(4,5)6/h8,11H,9-10H2,1-6H3/b12-8-. The third-order valence-corrected chi connectivity index (χ3v) is 2.96. The molecule has 0 radical (unpaired) electrons. The quantitative estimate of drug-likeness (QED) is 0.613. The Morgan fingerprint density at radius 2 is 1.69 bits per heavy atom. The van der Waals surface area contributed by atoms with Crippen molar-refractivity contribution >= 4 is 0 Å². The van der Waals surface area contributed by atoms with Crippen molar-refractivity contribution in [2.24, 2.45) is 11.3 Å². The van der Waals surface area contributed by atoms with Crippen LogP contribution in [0.3, 0.4) is 0 Å². The minimum absolute atomic E-state index is 0.113. The van der Waals surface area contributed by atoms with Crippen LogP contribution in [0.4, 0.5) is 0 Å². The second-order valence-electron chi connectivity index (χ2n) is 6.82. The Hall–Kier alpha value is -0.810. The number of nitrogens with zero attached hydrogens (tertiary/aromatic N) is 2. The highest BCUT2D eigenvalue weighted by molar-refractivity contribution is 5.21. The largest absolute Gasteiger partial charge is 0.300 e. The molecule has 1 heterocycles. The first-order valence-electron chi connectivity index (χ1n) is 5.99. The van der Waals surface area contributed by atoms with Crippen LogP contribution >= 0.6 is 0 Å². The Morgan fingerprint density at radius 1 is 1.19 bits per heavy atom. The van der Waals surface area contributed by atoms with Gasteiger partial charge >= 0.3 is 0 Å². The van der Waals surface area contributed by atoms with Crippen LogP contribution in [0.5, 0.6) is 0 Å². The van der Waals surface area contributed by atoms with Gasteiger partial charge in [0.25, 0.3) is 0 Å². The maximum Gasteiger partial charge on any atom is 0.167 e. The SMILES string of the molecule is [C-]#[N+]/C(=C\C(C)(C)C)C1CN(C(C)(C)C)C1. The van der Waals surface area contributed by atoms with Crippen LogP contribution in [0.2, 0.25) is 0 Å². The van der Waals surface area contributed by atoms with Crippen molar-refractivity contribution in [3.63, 3.8) is 0 Å². The Balaban J connectivity index is 2.63. The van der Waals surface area contributed by atoms with Gasteiger partial charge in [0.05, 0.1) is 6.57 Å². The predicted molar refractivity (Wildman–Crippen MR) is 69.0 cm³/mol. The molecular formula is C14H24N2. The van der Waals surface area contributed by atoms with E-state index in [1.807, 2.05) is 0 Å². The maximum absolute atomic E-state index is 7.27. The fourth-order valence-corrected chi connectivity index (χ4v) is 1.90. The highest BCUT2D eigenvalue weighted by Crippen LogP contribution is 2.32. The third kappa shape index (κ3) is 3.35. The normalized spacial score (nSPS) is 20.4. The predicted octanol–water partition coefficient (Wildman–Crippen LogP) is 3.57. The van der Waals surface area contributed by atoms with Gasteiger partial charge in [0, 0.05) is 11.5 Å². The van der Waals surface area contributed by atoms with Gasteiger partial charge in [0.2, 0.25) is 0 Å². The maximum atomic E-state index is 7.27. The van der Waals surface area contributed by atoms with Gasteiger partial charge in [-0.3, -0.25) is 4.90 Å². The van der Waals surface area contributed by atoms with E-state index >= 15 is 0 Å². The van der Waals surface area contributed by atoms with E-state index in [0.29, 0.717) is 5.92 Å². The summed E-state index contributed by atoms with van der Waals surface area (Å²) in [4.78, 5) is 6.13. The fraction of sp³-hybridized carbons (Fsp3) is 0.786. The zero-order chi connectivity index (χ0) is 12.6. The van der Waals surface area contributed by atoms with Gasteiger partial charge in [-0.2, -0.15) is 0 Å². The molecule has 0 atom stereocenters. The monoisotopic (exact) mass is 220 g/mol. The van der Waals surface area contributed by atoms with Gasteiger partial charge in [-0.25, -0.2) is 4.85 Å². The van der Waals surface area contributed by atoms with Crippen molar-refractivity contribution < 1.29 is 0 Å². The third-order valence-electron chi connectivity index (χ3n) is 2.96. The molecule has 0 aromatic heterocycles. The zero-order valence-corrected chi connectivity index (χ0v) is 11.5. The van der Waals surface area contributed by atoms with E-state index in [-0.39, 0.29) is 11.0 Å². The average molecular weight is 220 g/mol. The van der Waals surface area contributed by atoms with Crippen molar-refractivity contribution in [3.05, 3.63) is 23.2 Å². The van der Waals surface area contributed by atoms with Crippen molar-refractivity contribution in [1.82, 2.24) is 4.90 Å². The lowest BCUT2D eigenvalue weighted by Crippen LogP contribution is -2.56. The Bertz CT molecular complexity index is 314. The molecule has 1 rings (SSSR count). The van der Waals surface area contributed by atoms with E-state index in [1.54, 1.807) is 0 Å². The van der Waals surface area contributed by atoms with Crippen molar-refractivity contribution in [1.29, 1.82) is 0 Å². The molecule has 1 aliphatic heterocycles. The molecule has 0 aromatic rings. The minimum atomic E-state index is 0.113. The van der Waals surface area contributed by atoms with Crippen LogP contribution in [-0.4, -0.2) is 23.5 Å². The van der Waals surface area contributed by atoms with Crippen LogP contribution in [-0.2, 0) is 0 Å². The molecule has 1 aliphatic rings. The van der Waals surface area contributed by atoms with Crippen LogP contribution in [0.25, 0.3) is 4.85 Å². The summed E-state index contributed by atoms with van der Waals surface area (Å²) in [5, 5.41) is 0. The van der Waals surface area contributed by atoms with Gasteiger partial charge < -0.3 is 0 Å². The molecule has 2 nitrogen and oxygen atoms in total. The van der Waals surface area contributed by atoms with Crippen LogP contribution in [0.15, 0.2) is 11.8 Å². The van der Waals surface area contributed by atoms with E-state index < -0.39 is 0 Å². The average Bonchev–Trinajstić information content (AvgIpc) is 1.94. The number of rotatable bonds is 1. The Morgan fingerprint density at radius 3 is 2.00 bits per heavy atom. The first-order valence-corrected chi connectivity index (χ1v) is 5.99. The number of hydrogen-bond acceptors (Lipinski definition) is 1. The molecule has 90 valence electrons. The molecule has 1 saturated heterocycles. The van der Waals surface area contributed by atoms with Crippen molar-refractivity contribution in [3.8, 4) is 0 Å². The number of likely N-dealkylation sites (tertiary alicyclic amines) is 1. The zero-order valence-electron chi connectivity index (χ0n) is 11.5.